The van der Waals surface area contributed by atoms with Crippen LogP contribution in [0.5, 0.6) is 0 Å². The highest BCUT2D eigenvalue weighted by atomic mass is 19.1. The van der Waals surface area contributed by atoms with Crippen LogP contribution >= 0.6 is 0 Å². The molecule has 3 aliphatic rings. The lowest BCUT2D eigenvalue weighted by Gasteiger charge is -2.37. The Bertz CT molecular complexity index is 1240. The van der Waals surface area contributed by atoms with E-state index in [1.54, 1.807) is 30.3 Å². The number of carbonyl (C=O) groups excluding carboxylic acids is 3. The van der Waals surface area contributed by atoms with Crippen LogP contribution in [0.25, 0.3) is 0 Å². The summed E-state index contributed by atoms with van der Waals surface area (Å²) in [6, 6.07) is 10.3. The molecule has 0 aromatic heterocycles. The monoisotopic (exact) mass is 510 g/mol. The molecule has 0 spiro atoms. The molecule has 2 fully saturated rings. The maximum Gasteiger partial charge on any atom is 0.279 e. The number of imide groups is 1. The Morgan fingerprint density at radius 3 is 2.62 bits per heavy atom. The van der Waals surface area contributed by atoms with E-state index in [-0.39, 0.29) is 44.0 Å². The third kappa shape index (κ3) is 4.96. The molecule has 0 aliphatic carbocycles. The molecule has 2 saturated heterocycles. The predicted molar refractivity (Wildman–Crippen MR) is 133 cm³/mol. The summed E-state index contributed by atoms with van der Waals surface area (Å²) in [4.78, 5) is 40.3. The Balaban J connectivity index is 1.27. The van der Waals surface area contributed by atoms with E-state index in [9.17, 15) is 23.9 Å². The van der Waals surface area contributed by atoms with Gasteiger partial charge in [0.15, 0.2) is 0 Å². The molecule has 10 heteroatoms. The van der Waals surface area contributed by atoms with Crippen LogP contribution in [0.4, 0.5) is 10.1 Å². The lowest BCUT2D eigenvalue weighted by Crippen LogP contribution is -2.63. The minimum absolute atomic E-state index is 0.00668. The minimum Gasteiger partial charge on any atom is -0.381 e. The number of halogens is 1. The van der Waals surface area contributed by atoms with Gasteiger partial charge in [0, 0.05) is 61.4 Å². The van der Waals surface area contributed by atoms with E-state index in [2.05, 4.69) is 15.5 Å². The van der Waals surface area contributed by atoms with Crippen molar-refractivity contribution in [2.75, 3.05) is 18.4 Å². The van der Waals surface area contributed by atoms with E-state index < -0.39 is 23.4 Å². The molecule has 3 amide bonds. The SMILES string of the molecule is CC1CN(Cc2ccc(CNc3cccc4c3CN(C3(O)CCC(=O)NC3=O)C4=O)c(F)c2)CC(C)O1. The van der Waals surface area contributed by atoms with E-state index in [4.69, 9.17) is 4.74 Å². The van der Waals surface area contributed by atoms with Gasteiger partial charge in [-0.3, -0.25) is 29.5 Å². The number of fused-ring (bicyclic) bond motifs is 1. The molecule has 5 rings (SSSR count). The molecule has 3 aliphatic heterocycles. The van der Waals surface area contributed by atoms with Crippen molar-refractivity contribution in [2.24, 2.45) is 0 Å². The van der Waals surface area contributed by atoms with Crippen molar-refractivity contribution in [1.82, 2.24) is 15.1 Å². The summed E-state index contributed by atoms with van der Waals surface area (Å²) in [5.74, 6) is -2.19. The number of nitrogens with zero attached hydrogens (tertiary/aromatic N) is 2. The highest BCUT2D eigenvalue weighted by Crippen LogP contribution is 2.36. The number of piperidine rings is 1. The molecule has 3 heterocycles. The number of morpholine rings is 1. The van der Waals surface area contributed by atoms with Gasteiger partial charge in [-0.2, -0.15) is 0 Å². The number of hydrogen-bond acceptors (Lipinski definition) is 7. The Morgan fingerprint density at radius 1 is 1.16 bits per heavy atom. The number of nitrogens with one attached hydrogen (secondary N) is 2. The first-order valence-electron chi connectivity index (χ1n) is 12.5. The van der Waals surface area contributed by atoms with Gasteiger partial charge in [0.05, 0.1) is 18.8 Å². The van der Waals surface area contributed by atoms with Gasteiger partial charge in [0.2, 0.25) is 11.6 Å². The maximum atomic E-state index is 15.0. The molecule has 196 valence electrons. The Hall–Kier alpha value is -3.34. The quantitative estimate of drug-likeness (QED) is 0.511. The molecule has 37 heavy (non-hydrogen) atoms. The summed E-state index contributed by atoms with van der Waals surface area (Å²) in [5.41, 5.74) is 0.853. The molecule has 3 unspecified atom stereocenters. The minimum atomic E-state index is -2.10. The van der Waals surface area contributed by atoms with Crippen molar-refractivity contribution >= 4 is 23.4 Å². The van der Waals surface area contributed by atoms with Crippen LogP contribution in [0.2, 0.25) is 0 Å². The third-order valence-electron chi connectivity index (χ3n) is 7.22. The lowest BCUT2D eigenvalue weighted by atomic mass is 10.00. The average Bonchev–Trinajstić information content (AvgIpc) is 3.18. The fourth-order valence-corrected chi connectivity index (χ4v) is 5.44. The van der Waals surface area contributed by atoms with Gasteiger partial charge in [-0.05, 0) is 37.6 Å². The van der Waals surface area contributed by atoms with Gasteiger partial charge in [0.1, 0.15) is 5.82 Å². The zero-order chi connectivity index (χ0) is 26.3. The van der Waals surface area contributed by atoms with Crippen LogP contribution in [-0.2, 0) is 34.0 Å². The number of aliphatic hydroxyl groups is 1. The summed E-state index contributed by atoms with van der Waals surface area (Å²) in [6.07, 6.45) is 0.0538. The van der Waals surface area contributed by atoms with Crippen molar-refractivity contribution in [3.05, 3.63) is 64.5 Å². The highest BCUT2D eigenvalue weighted by Gasteiger charge is 2.51. The third-order valence-corrected chi connectivity index (χ3v) is 7.22. The van der Waals surface area contributed by atoms with Crippen molar-refractivity contribution in [3.63, 3.8) is 0 Å². The van der Waals surface area contributed by atoms with Gasteiger partial charge < -0.3 is 15.2 Å². The smallest absolute Gasteiger partial charge is 0.279 e. The van der Waals surface area contributed by atoms with Crippen LogP contribution in [0, 0.1) is 5.82 Å². The van der Waals surface area contributed by atoms with E-state index in [0.717, 1.165) is 23.6 Å². The molecule has 3 atom stereocenters. The van der Waals surface area contributed by atoms with Gasteiger partial charge >= 0.3 is 0 Å². The van der Waals surface area contributed by atoms with Crippen molar-refractivity contribution < 1.29 is 28.6 Å². The number of anilines is 1. The van der Waals surface area contributed by atoms with Crippen LogP contribution in [0.1, 0.15) is 53.7 Å². The summed E-state index contributed by atoms with van der Waals surface area (Å²) >= 11 is 0. The van der Waals surface area contributed by atoms with E-state index in [0.29, 0.717) is 28.9 Å². The van der Waals surface area contributed by atoms with E-state index >= 15 is 0 Å². The van der Waals surface area contributed by atoms with Crippen LogP contribution in [0.15, 0.2) is 36.4 Å². The second kappa shape index (κ2) is 9.85. The summed E-state index contributed by atoms with van der Waals surface area (Å²) in [5, 5.41) is 16.3. The fraction of sp³-hybridized carbons (Fsp3) is 0.444. The standard InChI is InChI=1S/C27H31FN4O5/c1-16-12-31(13-17(2)37-16)14-18-6-7-19(22(28)10-18)11-29-23-5-3-4-20-21(23)15-32(25(20)34)27(36)9-8-24(33)30-26(27)35/h3-7,10,16-17,29,36H,8-9,11-15H2,1-2H3,(H,30,33,35). The van der Waals surface area contributed by atoms with Crippen LogP contribution in [-0.4, -0.2) is 63.7 Å². The molecule has 2 aromatic carbocycles. The Labute approximate surface area is 214 Å². The summed E-state index contributed by atoms with van der Waals surface area (Å²) in [6.45, 7) is 6.52. The maximum absolute atomic E-state index is 15.0. The largest absolute Gasteiger partial charge is 0.381 e. The first-order chi connectivity index (χ1) is 17.6. The fourth-order valence-electron chi connectivity index (χ4n) is 5.44. The van der Waals surface area contributed by atoms with Crippen LogP contribution < -0.4 is 10.6 Å². The number of rotatable bonds is 6. The second-order valence-electron chi connectivity index (χ2n) is 10.1. The molecule has 3 N–H and O–H groups in total. The van der Waals surface area contributed by atoms with Gasteiger partial charge in [-0.15, -0.1) is 0 Å². The highest BCUT2D eigenvalue weighted by molar-refractivity contribution is 6.07. The first-order valence-corrected chi connectivity index (χ1v) is 12.5. The zero-order valence-corrected chi connectivity index (χ0v) is 20.9. The summed E-state index contributed by atoms with van der Waals surface area (Å²) in [7, 11) is 0. The van der Waals surface area contributed by atoms with Crippen LogP contribution in [0.3, 0.4) is 0 Å². The average molecular weight is 511 g/mol. The molecule has 0 radical (unpaired) electrons. The number of hydrogen-bond donors (Lipinski definition) is 3. The molecule has 0 bridgehead atoms. The second-order valence-corrected chi connectivity index (χ2v) is 10.1. The van der Waals surface area contributed by atoms with Gasteiger partial charge in [-0.25, -0.2) is 4.39 Å². The normalized spacial score (nSPS) is 26.3. The van der Waals surface area contributed by atoms with Crippen molar-refractivity contribution in [2.45, 2.75) is 64.3 Å². The van der Waals surface area contributed by atoms with E-state index in [1.807, 2.05) is 19.9 Å². The predicted octanol–water partition coefficient (Wildman–Crippen LogP) is 2.13. The first kappa shape index (κ1) is 25.3. The Kier molecular flexibility index (Phi) is 6.74. The number of carbonyl (C=O) groups is 3. The van der Waals surface area contributed by atoms with E-state index in [1.165, 1.54) is 0 Å². The number of amides is 3. The molecular formula is C27H31FN4O5. The summed E-state index contributed by atoms with van der Waals surface area (Å²) < 4.78 is 20.7. The molecular weight excluding hydrogens is 479 g/mol. The molecule has 2 aromatic rings. The van der Waals surface area contributed by atoms with Crippen molar-refractivity contribution in [3.8, 4) is 0 Å². The van der Waals surface area contributed by atoms with Gasteiger partial charge in [-0.1, -0.05) is 18.2 Å². The Morgan fingerprint density at radius 2 is 1.92 bits per heavy atom. The number of benzene rings is 2. The van der Waals surface area contributed by atoms with Gasteiger partial charge in [0.25, 0.3) is 11.8 Å². The molecule has 0 saturated carbocycles. The topological polar surface area (TPSA) is 111 Å². The van der Waals surface area contributed by atoms with Crippen molar-refractivity contribution in [1.29, 1.82) is 0 Å². The number of ether oxygens (including phenoxy) is 1. The molecule has 9 nitrogen and oxygen atoms in total. The lowest BCUT2D eigenvalue weighted by molar-refractivity contribution is -0.167. The zero-order valence-electron chi connectivity index (χ0n) is 20.9.